The number of nitrogens with zero attached hydrogens (tertiary/aromatic N) is 3. The van der Waals surface area contributed by atoms with Crippen LogP contribution in [0, 0.1) is 0 Å². The summed E-state index contributed by atoms with van der Waals surface area (Å²) in [5.74, 6) is -0.249. The van der Waals surface area contributed by atoms with Crippen molar-refractivity contribution in [3.63, 3.8) is 0 Å². The van der Waals surface area contributed by atoms with Gasteiger partial charge >= 0.3 is 0 Å². The first-order chi connectivity index (χ1) is 14.1. The van der Waals surface area contributed by atoms with Crippen molar-refractivity contribution in [2.24, 2.45) is 0 Å². The van der Waals surface area contributed by atoms with Crippen LogP contribution in [0.3, 0.4) is 0 Å². The Morgan fingerprint density at radius 1 is 0.862 bits per heavy atom. The van der Waals surface area contributed by atoms with Crippen molar-refractivity contribution >= 4 is 39.6 Å². The second-order valence-electron chi connectivity index (χ2n) is 6.83. The minimum absolute atomic E-state index is 0.249. The van der Waals surface area contributed by atoms with E-state index in [1.54, 1.807) is 18.5 Å². The van der Waals surface area contributed by atoms with Crippen LogP contribution in [0.2, 0.25) is 0 Å². The molecule has 4 rings (SSSR count). The highest BCUT2D eigenvalue weighted by Gasteiger charge is 2.09. The Balaban J connectivity index is 1.46. The molecule has 6 heteroatoms. The van der Waals surface area contributed by atoms with Gasteiger partial charge in [0.1, 0.15) is 5.69 Å². The zero-order valence-electron chi connectivity index (χ0n) is 16.3. The Labute approximate surface area is 169 Å². The van der Waals surface area contributed by atoms with Crippen LogP contribution in [-0.4, -0.2) is 30.0 Å². The fraction of sp³-hybridized carbons (Fsp3) is 0.0870. The SMILES string of the molecule is CN(C)c1ccc(NC(=O)c2ccc(Nc3cccc4cccnc34)cn2)cc1. The smallest absolute Gasteiger partial charge is 0.274 e. The number of carbonyl (C=O) groups is 1. The summed E-state index contributed by atoms with van der Waals surface area (Å²) in [5, 5.41) is 7.24. The molecular weight excluding hydrogens is 362 g/mol. The monoisotopic (exact) mass is 383 g/mol. The topological polar surface area (TPSA) is 70.2 Å². The molecule has 6 nitrogen and oxygen atoms in total. The Kier molecular flexibility index (Phi) is 5.07. The third-order valence-electron chi connectivity index (χ3n) is 4.55. The van der Waals surface area contributed by atoms with E-state index < -0.39 is 0 Å². The molecule has 0 fully saturated rings. The number of hydrogen-bond acceptors (Lipinski definition) is 5. The highest BCUT2D eigenvalue weighted by molar-refractivity contribution is 6.03. The zero-order chi connectivity index (χ0) is 20.2. The fourth-order valence-electron chi connectivity index (χ4n) is 3.00. The summed E-state index contributed by atoms with van der Waals surface area (Å²) in [6.07, 6.45) is 3.41. The van der Waals surface area contributed by atoms with Gasteiger partial charge in [-0.25, -0.2) is 4.98 Å². The standard InChI is InChI=1S/C23H21N5O/c1-28(2)19-11-8-17(9-12-19)27-23(29)21-13-10-18(15-25-21)26-20-7-3-5-16-6-4-14-24-22(16)20/h3-15,26H,1-2H3,(H,27,29). The molecule has 0 aliphatic carbocycles. The van der Waals surface area contributed by atoms with Crippen LogP contribution >= 0.6 is 0 Å². The van der Waals surface area contributed by atoms with Crippen LogP contribution in [0.5, 0.6) is 0 Å². The molecule has 2 aromatic carbocycles. The van der Waals surface area contributed by atoms with Crippen molar-refractivity contribution in [1.82, 2.24) is 9.97 Å². The van der Waals surface area contributed by atoms with Gasteiger partial charge in [-0.3, -0.25) is 9.78 Å². The van der Waals surface area contributed by atoms with Gasteiger partial charge in [0.05, 0.1) is 23.1 Å². The minimum Gasteiger partial charge on any atom is -0.378 e. The van der Waals surface area contributed by atoms with E-state index in [1.807, 2.05) is 79.7 Å². The molecule has 1 amide bonds. The molecule has 0 radical (unpaired) electrons. The molecule has 29 heavy (non-hydrogen) atoms. The molecule has 0 aliphatic rings. The molecular formula is C23H21N5O. The van der Waals surface area contributed by atoms with E-state index in [1.165, 1.54) is 0 Å². The van der Waals surface area contributed by atoms with Crippen molar-refractivity contribution < 1.29 is 4.79 Å². The number of benzene rings is 2. The summed E-state index contributed by atoms with van der Waals surface area (Å²) >= 11 is 0. The van der Waals surface area contributed by atoms with Gasteiger partial charge in [0.25, 0.3) is 5.91 Å². The van der Waals surface area contributed by atoms with E-state index in [2.05, 4.69) is 20.6 Å². The first-order valence-corrected chi connectivity index (χ1v) is 9.26. The second-order valence-corrected chi connectivity index (χ2v) is 6.83. The number of aromatic nitrogens is 2. The van der Waals surface area contributed by atoms with E-state index in [4.69, 9.17) is 0 Å². The Bertz CT molecular complexity index is 1130. The zero-order valence-corrected chi connectivity index (χ0v) is 16.3. The molecule has 0 aliphatic heterocycles. The number of amides is 1. The van der Waals surface area contributed by atoms with Crippen molar-refractivity contribution in [1.29, 1.82) is 0 Å². The molecule has 4 aromatic rings. The van der Waals surface area contributed by atoms with E-state index in [0.717, 1.165) is 33.7 Å². The first kappa shape index (κ1) is 18.4. The van der Waals surface area contributed by atoms with E-state index in [-0.39, 0.29) is 5.91 Å². The van der Waals surface area contributed by atoms with Crippen LogP contribution in [0.15, 0.2) is 79.1 Å². The van der Waals surface area contributed by atoms with E-state index in [0.29, 0.717) is 5.69 Å². The average Bonchev–Trinajstić information content (AvgIpc) is 2.75. The number of para-hydroxylation sites is 1. The number of fused-ring (bicyclic) bond motifs is 1. The predicted molar refractivity (Wildman–Crippen MR) is 118 cm³/mol. The van der Waals surface area contributed by atoms with E-state index in [9.17, 15) is 4.79 Å². The first-order valence-electron chi connectivity index (χ1n) is 9.26. The van der Waals surface area contributed by atoms with Gasteiger partial charge in [0, 0.05) is 37.1 Å². The number of nitrogens with one attached hydrogen (secondary N) is 2. The van der Waals surface area contributed by atoms with Gasteiger partial charge in [-0.15, -0.1) is 0 Å². The summed E-state index contributed by atoms with van der Waals surface area (Å²) in [4.78, 5) is 23.2. The van der Waals surface area contributed by atoms with E-state index >= 15 is 0 Å². The highest BCUT2D eigenvalue weighted by atomic mass is 16.1. The maximum absolute atomic E-state index is 12.5. The van der Waals surface area contributed by atoms with Gasteiger partial charge in [-0.05, 0) is 48.5 Å². The van der Waals surface area contributed by atoms with Gasteiger partial charge in [0.2, 0.25) is 0 Å². The molecule has 0 atom stereocenters. The predicted octanol–water partition coefficient (Wildman–Crippen LogP) is 4.69. The molecule has 0 spiro atoms. The Morgan fingerprint density at radius 2 is 1.62 bits per heavy atom. The summed E-state index contributed by atoms with van der Waals surface area (Å²) < 4.78 is 0. The molecule has 0 saturated heterocycles. The summed E-state index contributed by atoms with van der Waals surface area (Å²) in [6.45, 7) is 0. The lowest BCUT2D eigenvalue weighted by Crippen LogP contribution is -2.14. The van der Waals surface area contributed by atoms with Crippen molar-refractivity contribution in [3.8, 4) is 0 Å². The largest absolute Gasteiger partial charge is 0.378 e. The van der Waals surface area contributed by atoms with Crippen molar-refractivity contribution in [3.05, 3.63) is 84.8 Å². The Morgan fingerprint density at radius 3 is 2.34 bits per heavy atom. The lowest BCUT2D eigenvalue weighted by Gasteiger charge is -2.13. The lowest BCUT2D eigenvalue weighted by atomic mass is 10.2. The number of hydrogen-bond donors (Lipinski definition) is 2. The number of anilines is 4. The fourth-order valence-corrected chi connectivity index (χ4v) is 3.00. The van der Waals surface area contributed by atoms with Crippen molar-refractivity contribution in [2.75, 3.05) is 29.6 Å². The molecule has 0 unspecified atom stereocenters. The number of rotatable bonds is 5. The minimum atomic E-state index is -0.249. The molecule has 0 saturated carbocycles. The molecule has 144 valence electrons. The third-order valence-corrected chi connectivity index (χ3v) is 4.55. The molecule has 0 bridgehead atoms. The normalized spacial score (nSPS) is 10.6. The van der Waals surface area contributed by atoms with Crippen LogP contribution in [-0.2, 0) is 0 Å². The average molecular weight is 383 g/mol. The summed E-state index contributed by atoms with van der Waals surface area (Å²) in [6, 6.07) is 21.1. The maximum atomic E-state index is 12.5. The Hall–Kier alpha value is -3.93. The third kappa shape index (κ3) is 4.16. The summed E-state index contributed by atoms with van der Waals surface area (Å²) in [7, 11) is 3.95. The van der Waals surface area contributed by atoms with Gasteiger partial charge in [-0.2, -0.15) is 0 Å². The second kappa shape index (κ2) is 7.98. The van der Waals surface area contributed by atoms with Crippen LogP contribution < -0.4 is 15.5 Å². The van der Waals surface area contributed by atoms with Gasteiger partial charge in [-0.1, -0.05) is 18.2 Å². The van der Waals surface area contributed by atoms with Crippen LogP contribution in [0.25, 0.3) is 10.9 Å². The quantitative estimate of drug-likeness (QED) is 0.523. The molecule has 2 aromatic heterocycles. The lowest BCUT2D eigenvalue weighted by molar-refractivity contribution is 0.102. The summed E-state index contributed by atoms with van der Waals surface area (Å²) in [5.41, 5.74) is 4.71. The van der Waals surface area contributed by atoms with Gasteiger partial charge in [0.15, 0.2) is 0 Å². The van der Waals surface area contributed by atoms with Crippen molar-refractivity contribution in [2.45, 2.75) is 0 Å². The highest BCUT2D eigenvalue weighted by Crippen LogP contribution is 2.24. The molecule has 2 N–H and O–H groups in total. The number of carbonyl (C=O) groups excluding carboxylic acids is 1. The maximum Gasteiger partial charge on any atom is 0.274 e. The van der Waals surface area contributed by atoms with Gasteiger partial charge < -0.3 is 15.5 Å². The van der Waals surface area contributed by atoms with Crippen LogP contribution in [0.4, 0.5) is 22.7 Å². The van der Waals surface area contributed by atoms with Crippen LogP contribution in [0.1, 0.15) is 10.5 Å². The molecule has 2 heterocycles. The number of pyridine rings is 2.